The molecular weight excluding hydrogens is 280 g/mol. The molecule has 0 bridgehead atoms. The van der Waals surface area contributed by atoms with E-state index in [1.165, 1.54) is 63.4 Å². The number of hydrogen-bond donors (Lipinski definition) is 0. The van der Waals surface area contributed by atoms with E-state index in [0.29, 0.717) is 0 Å². The highest BCUT2D eigenvalue weighted by Crippen LogP contribution is 2.10. The van der Waals surface area contributed by atoms with Crippen LogP contribution in [0.3, 0.4) is 0 Å². The summed E-state index contributed by atoms with van der Waals surface area (Å²) >= 11 is 0. The van der Waals surface area contributed by atoms with Crippen LogP contribution in [0.4, 0.5) is 0 Å². The molecule has 0 saturated heterocycles. The molecule has 0 amide bonds. The number of hydrogen-bond acceptors (Lipinski definition) is 1. The van der Waals surface area contributed by atoms with Crippen LogP contribution >= 0.6 is 0 Å². The highest BCUT2D eigenvalue weighted by atomic mass is 16.5. The van der Waals surface area contributed by atoms with Crippen molar-refractivity contribution in [2.45, 2.75) is 78.2 Å². The minimum Gasteiger partial charge on any atom is -0.377 e. The Balaban J connectivity index is 1.77. The molecule has 0 aliphatic carbocycles. The first-order valence-electron chi connectivity index (χ1n) is 9.55. The Morgan fingerprint density at radius 1 is 0.826 bits per heavy atom. The second kappa shape index (κ2) is 14.5. The van der Waals surface area contributed by atoms with Gasteiger partial charge in [-0.25, -0.2) is 0 Å². The third kappa shape index (κ3) is 13.1. The first-order valence-corrected chi connectivity index (χ1v) is 9.55. The Hall–Kier alpha value is -1.08. The molecule has 1 heteroatoms. The van der Waals surface area contributed by atoms with Crippen molar-refractivity contribution in [1.29, 1.82) is 0 Å². The molecule has 0 spiro atoms. The van der Waals surface area contributed by atoms with Crippen LogP contribution in [-0.4, -0.2) is 6.61 Å². The van der Waals surface area contributed by atoms with Crippen LogP contribution in [0.25, 0.3) is 0 Å². The molecule has 130 valence electrons. The third-order valence-corrected chi connectivity index (χ3v) is 4.05. The van der Waals surface area contributed by atoms with Crippen molar-refractivity contribution in [1.82, 2.24) is 0 Å². The molecule has 1 aromatic carbocycles. The highest BCUT2D eigenvalue weighted by molar-refractivity contribution is 5.13. The van der Waals surface area contributed by atoms with E-state index in [0.717, 1.165) is 19.1 Å². The molecule has 1 rings (SSSR count). The summed E-state index contributed by atoms with van der Waals surface area (Å²) in [6.45, 7) is 6.20. The first kappa shape index (κ1) is 20.0. The van der Waals surface area contributed by atoms with Crippen molar-refractivity contribution in [3.8, 4) is 0 Å². The maximum absolute atomic E-state index is 5.71. The van der Waals surface area contributed by atoms with Crippen molar-refractivity contribution < 1.29 is 4.74 Å². The van der Waals surface area contributed by atoms with Crippen molar-refractivity contribution in [2.24, 2.45) is 5.92 Å². The first-order chi connectivity index (χ1) is 11.3. The Morgan fingerprint density at radius 2 is 1.48 bits per heavy atom. The van der Waals surface area contributed by atoms with Gasteiger partial charge in [-0.1, -0.05) is 88.4 Å². The number of benzene rings is 1. The van der Waals surface area contributed by atoms with Crippen molar-refractivity contribution in [2.75, 3.05) is 6.61 Å². The Bertz CT molecular complexity index is 380. The molecule has 0 aliphatic rings. The molecule has 0 heterocycles. The lowest BCUT2D eigenvalue weighted by Crippen LogP contribution is -1.95. The van der Waals surface area contributed by atoms with Crippen LogP contribution < -0.4 is 0 Å². The predicted octanol–water partition coefficient (Wildman–Crippen LogP) is 6.93. The quantitative estimate of drug-likeness (QED) is 0.267. The monoisotopic (exact) mass is 316 g/mol. The molecule has 0 N–H and O–H groups in total. The van der Waals surface area contributed by atoms with Gasteiger partial charge in [0.1, 0.15) is 0 Å². The van der Waals surface area contributed by atoms with E-state index >= 15 is 0 Å². The third-order valence-electron chi connectivity index (χ3n) is 4.05. The van der Waals surface area contributed by atoms with E-state index in [2.05, 4.69) is 50.3 Å². The van der Waals surface area contributed by atoms with Gasteiger partial charge in [-0.15, -0.1) is 0 Å². The highest BCUT2D eigenvalue weighted by Gasteiger charge is 1.94. The maximum Gasteiger partial charge on any atom is 0.0716 e. The fourth-order valence-electron chi connectivity index (χ4n) is 2.60. The average molecular weight is 317 g/mol. The van der Waals surface area contributed by atoms with Gasteiger partial charge in [-0.2, -0.15) is 0 Å². The van der Waals surface area contributed by atoms with Crippen molar-refractivity contribution in [3.05, 3.63) is 48.0 Å². The summed E-state index contributed by atoms with van der Waals surface area (Å²) in [7, 11) is 0. The number of ether oxygens (including phenoxy) is 1. The van der Waals surface area contributed by atoms with Gasteiger partial charge in [-0.05, 0) is 37.2 Å². The Kier molecular flexibility index (Phi) is 12.6. The standard InChI is InChI=1S/C22H36O/c1-21(2)16-12-9-7-5-3-4-6-8-10-15-19-23-20-22-17-13-11-14-18-22/h9,11-14,17-18,21H,3-8,10,15-16,19-20H2,1-2H3/b12-9+. The van der Waals surface area contributed by atoms with Gasteiger partial charge in [0.15, 0.2) is 0 Å². The average Bonchev–Trinajstić information content (AvgIpc) is 2.56. The van der Waals surface area contributed by atoms with Gasteiger partial charge >= 0.3 is 0 Å². The van der Waals surface area contributed by atoms with Crippen molar-refractivity contribution in [3.63, 3.8) is 0 Å². The fraction of sp³-hybridized carbons (Fsp3) is 0.636. The molecule has 0 saturated carbocycles. The summed E-state index contributed by atoms with van der Waals surface area (Å²) in [6, 6.07) is 10.4. The maximum atomic E-state index is 5.71. The molecule has 1 aromatic rings. The number of allylic oxidation sites excluding steroid dienone is 2. The largest absolute Gasteiger partial charge is 0.377 e. The molecule has 23 heavy (non-hydrogen) atoms. The molecule has 0 aromatic heterocycles. The zero-order valence-corrected chi connectivity index (χ0v) is 15.3. The summed E-state index contributed by atoms with van der Waals surface area (Å²) in [5, 5.41) is 0. The van der Waals surface area contributed by atoms with E-state index in [1.54, 1.807) is 0 Å². The summed E-state index contributed by atoms with van der Waals surface area (Å²) in [5.41, 5.74) is 1.27. The van der Waals surface area contributed by atoms with E-state index in [9.17, 15) is 0 Å². The van der Waals surface area contributed by atoms with Gasteiger partial charge in [0.05, 0.1) is 6.61 Å². The minimum atomic E-state index is 0.755. The second-order valence-corrected chi connectivity index (χ2v) is 6.90. The van der Waals surface area contributed by atoms with Crippen LogP contribution in [-0.2, 0) is 11.3 Å². The van der Waals surface area contributed by atoms with Gasteiger partial charge in [0, 0.05) is 6.61 Å². The number of rotatable bonds is 14. The van der Waals surface area contributed by atoms with E-state index in [1.807, 2.05) is 6.07 Å². The summed E-state index contributed by atoms with van der Waals surface area (Å²) < 4.78 is 5.71. The van der Waals surface area contributed by atoms with E-state index in [-0.39, 0.29) is 0 Å². The molecule has 0 atom stereocenters. The van der Waals surface area contributed by atoms with Gasteiger partial charge in [0.25, 0.3) is 0 Å². The van der Waals surface area contributed by atoms with Crippen LogP contribution in [0.5, 0.6) is 0 Å². The lowest BCUT2D eigenvalue weighted by atomic mass is 10.1. The van der Waals surface area contributed by atoms with Crippen LogP contribution in [0, 0.1) is 5.92 Å². The normalized spacial score (nSPS) is 11.6. The molecule has 0 fully saturated rings. The fourth-order valence-corrected chi connectivity index (χ4v) is 2.60. The van der Waals surface area contributed by atoms with Gasteiger partial charge in [0.2, 0.25) is 0 Å². The van der Waals surface area contributed by atoms with Gasteiger partial charge in [-0.3, -0.25) is 0 Å². The zero-order chi connectivity index (χ0) is 16.6. The van der Waals surface area contributed by atoms with Crippen molar-refractivity contribution >= 4 is 0 Å². The lowest BCUT2D eigenvalue weighted by Gasteiger charge is -2.04. The van der Waals surface area contributed by atoms with Crippen LogP contribution in [0.2, 0.25) is 0 Å². The summed E-state index contributed by atoms with van der Waals surface area (Å²) in [5.74, 6) is 0.794. The zero-order valence-electron chi connectivity index (χ0n) is 15.3. The van der Waals surface area contributed by atoms with Crippen LogP contribution in [0.15, 0.2) is 42.5 Å². The van der Waals surface area contributed by atoms with Gasteiger partial charge < -0.3 is 4.74 Å². The summed E-state index contributed by atoms with van der Waals surface area (Å²) in [4.78, 5) is 0. The minimum absolute atomic E-state index is 0.755. The smallest absolute Gasteiger partial charge is 0.0716 e. The molecule has 0 radical (unpaired) electrons. The Morgan fingerprint density at radius 3 is 2.17 bits per heavy atom. The summed E-state index contributed by atoms with van der Waals surface area (Å²) in [6.07, 6.45) is 16.6. The Labute approximate surface area is 144 Å². The topological polar surface area (TPSA) is 9.23 Å². The lowest BCUT2D eigenvalue weighted by molar-refractivity contribution is 0.116. The number of unbranched alkanes of at least 4 members (excludes halogenated alkanes) is 7. The van der Waals surface area contributed by atoms with E-state index < -0.39 is 0 Å². The molecule has 1 nitrogen and oxygen atoms in total. The molecular formula is C22H36O. The van der Waals surface area contributed by atoms with E-state index in [4.69, 9.17) is 4.74 Å². The molecule has 0 aliphatic heterocycles. The predicted molar refractivity (Wildman–Crippen MR) is 102 cm³/mol. The SMILES string of the molecule is CC(C)C/C=C/CCCCCCCCCOCc1ccccc1. The van der Waals surface area contributed by atoms with Crippen LogP contribution in [0.1, 0.15) is 77.2 Å². The molecule has 0 unspecified atom stereocenters. The second-order valence-electron chi connectivity index (χ2n) is 6.90.